The van der Waals surface area contributed by atoms with Crippen molar-refractivity contribution in [3.8, 4) is 0 Å². The van der Waals surface area contributed by atoms with E-state index in [9.17, 15) is 13.2 Å². The number of hydrogen-bond donors (Lipinski definition) is 1. The van der Waals surface area contributed by atoms with Crippen LogP contribution in [0.4, 0.5) is 0 Å². The van der Waals surface area contributed by atoms with Crippen molar-refractivity contribution in [2.45, 2.75) is 24.5 Å². The Labute approximate surface area is 153 Å². The monoisotopic (exact) mass is 375 g/mol. The van der Waals surface area contributed by atoms with Gasteiger partial charge in [0.15, 0.2) is 0 Å². The summed E-state index contributed by atoms with van der Waals surface area (Å²) < 4.78 is 32.4. The number of benzene rings is 1. The van der Waals surface area contributed by atoms with Crippen LogP contribution in [-0.2, 0) is 21.3 Å². The second kappa shape index (κ2) is 7.94. The average molecular weight is 375 g/mol. The summed E-state index contributed by atoms with van der Waals surface area (Å²) in [7, 11) is -3.66. The molecule has 0 bridgehead atoms. The maximum atomic E-state index is 12.8. The van der Waals surface area contributed by atoms with Crippen LogP contribution in [0.15, 0.2) is 53.6 Å². The highest BCUT2D eigenvalue weighted by atomic mass is 32.2. The van der Waals surface area contributed by atoms with Crippen LogP contribution in [0.1, 0.15) is 23.0 Å². The van der Waals surface area contributed by atoms with Gasteiger partial charge in [-0.3, -0.25) is 9.78 Å². The Morgan fingerprint density at radius 3 is 2.88 bits per heavy atom. The number of rotatable bonds is 5. The third kappa shape index (κ3) is 4.27. The van der Waals surface area contributed by atoms with Crippen molar-refractivity contribution in [2.75, 3.05) is 19.7 Å². The molecule has 8 heteroatoms. The maximum Gasteiger partial charge on any atom is 0.251 e. The first-order valence-corrected chi connectivity index (χ1v) is 9.81. The number of morpholine rings is 1. The Balaban J connectivity index is 1.74. The Morgan fingerprint density at radius 1 is 1.31 bits per heavy atom. The van der Waals surface area contributed by atoms with Gasteiger partial charge in [-0.2, -0.15) is 4.31 Å². The van der Waals surface area contributed by atoms with E-state index in [1.807, 2.05) is 13.0 Å². The van der Waals surface area contributed by atoms with Gasteiger partial charge in [-0.05, 0) is 37.3 Å². The molecule has 3 rings (SSSR count). The van der Waals surface area contributed by atoms with Crippen LogP contribution in [0.5, 0.6) is 0 Å². The van der Waals surface area contributed by atoms with Crippen molar-refractivity contribution < 1.29 is 17.9 Å². The number of sulfonamides is 1. The summed E-state index contributed by atoms with van der Waals surface area (Å²) in [5, 5.41) is 2.75. The number of amides is 1. The number of carbonyl (C=O) groups is 1. The zero-order valence-electron chi connectivity index (χ0n) is 14.5. The van der Waals surface area contributed by atoms with Gasteiger partial charge in [0.2, 0.25) is 10.0 Å². The quantitative estimate of drug-likeness (QED) is 0.854. The third-order valence-corrected chi connectivity index (χ3v) is 5.96. The van der Waals surface area contributed by atoms with Gasteiger partial charge < -0.3 is 10.1 Å². The van der Waals surface area contributed by atoms with Gasteiger partial charge in [-0.25, -0.2) is 8.42 Å². The Kier molecular flexibility index (Phi) is 5.65. The highest BCUT2D eigenvalue weighted by Crippen LogP contribution is 2.20. The predicted octanol–water partition coefficient (Wildman–Crippen LogP) is 1.42. The largest absolute Gasteiger partial charge is 0.376 e. The molecule has 2 heterocycles. The van der Waals surface area contributed by atoms with E-state index in [0.717, 1.165) is 5.69 Å². The summed E-state index contributed by atoms with van der Waals surface area (Å²) in [5.41, 5.74) is 1.02. The lowest BCUT2D eigenvalue weighted by Gasteiger charge is -2.30. The summed E-state index contributed by atoms with van der Waals surface area (Å²) in [6.07, 6.45) is 1.50. The van der Waals surface area contributed by atoms with E-state index in [1.54, 1.807) is 30.5 Å². The van der Waals surface area contributed by atoms with Crippen LogP contribution in [0.3, 0.4) is 0 Å². The molecule has 1 aliphatic rings. The van der Waals surface area contributed by atoms with Crippen LogP contribution in [0.25, 0.3) is 0 Å². The van der Waals surface area contributed by atoms with E-state index in [-0.39, 0.29) is 23.5 Å². The van der Waals surface area contributed by atoms with E-state index in [4.69, 9.17) is 4.74 Å². The minimum Gasteiger partial charge on any atom is -0.376 e. The third-order valence-electron chi connectivity index (χ3n) is 4.09. The van der Waals surface area contributed by atoms with Gasteiger partial charge in [0.05, 0.1) is 29.8 Å². The van der Waals surface area contributed by atoms with Crippen molar-refractivity contribution in [2.24, 2.45) is 0 Å². The van der Waals surface area contributed by atoms with Gasteiger partial charge in [-0.1, -0.05) is 12.1 Å². The second-order valence-electron chi connectivity index (χ2n) is 6.08. The topological polar surface area (TPSA) is 88.6 Å². The predicted molar refractivity (Wildman–Crippen MR) is 96.0 cm³/mol. The lowest BCUT2D eigenvalue weighted by Crippen LogP contribution is -2.44. The van der Waals surface area contributed by atoms with E-state index < -0.39 is 10.0 Å². The average Bonchev–Trinajstić information content (AvgIpc) is 2.67. The summed E-state index contributed by atoms with van der Waals surface area (Å²) in [6, 6.07) is 11.5. The molecule has 1 aromatic heterocycles. The van der Waals surface area contributed by atoms with Crippen molar-refractivity contribution in [3.05, 3.63) is 59.9 Å². The number of aromatic nitrogens is 1. The summed E-state index contributed by atoms with van der Waals surface area (Å²) in [6.45, 7) is 3.09. The molecule has 1 N–H and O–H groups in total. The second-order valence-corrected chi connectivity index (χ2v) is 8.01. The lowest BCUT2D eigenvalue weighted by atomic mass is 10.2. The molecule has 1 aliphatic heterocycles. The fraction of sp³-hybridized carbons (Fsp3) is 0.333. The molecule has 26 heavy (non-hydrogen) atoms. The fourth-order valence-electron chi connectivity index (χ4n) is 2.73. The fourth-order valence-corrected chi connectivity index (χ4v) is 4.27. The molecule has 1 fully saturated rings. The Hall–Kier alpha value is -2.29. The van der Waals surface area contributed by atoms with Crippen molar-refractivity contribution in [1.82, 2.24) is 14.6 Å². The minimum atomic E-state index is -3.66. The van der Waals surface area contributed by atoms with Crippen molar-refractivity contribution in [3.63, 3.8) is 0 Å². The molecule has 1 saturated heterocycles. The summed E-state index contributed by atoms with van der Waals surface area (Å²) in [4.78, 5) is 16.6. The zero-order chi connectivity index (χ0) is 18.6. The van der Waals surface area contributed by atoms with Gasteiger partial charge >= 0.3 is 0 Å². The van der Waals surface area contributed by atoms with Crippen LogP contribution >= 0.6 is 0 Å². The van der Waals surface area contributed by atoms with Gasteiger partial charge in [0.1, 0.15) is 0 Å². The molecule has 0 aliphatic carbocycles. The Morgan fingerprint density at radius 2 is 2.15 bits per heavy atom. The van der Waals surface area contributed by atoms with Crippen LogP contribution in [-0.4, -0.2) is 49.4 Å². The first-order chi connectivity index (χ1) is 12.5. The zero-order valence-corrected chi connectivity index (χ0v) is 15.3. The van der Waals surface area contributed by atoms with E-state index in [2.05, 4.69) is 10.3 Å². The Bertz CT molecular complexity index is 871. The normalized spacial score (nSPS) is 18.4. The molecule has 1 unspecified atom stereocenters. The maximum absolute atomic E-state index is 12.8. The van der Waals surface area contributed by atoms with E-state index in [1.165, 1.54) is 16.4 Å². The number of hydrogen-bond acceptors (Lipinski definition) is 5. The lowest BCUT2D eigenvalue weighted by molar-refractivity contribution is 0.0102. The molecule has 138 valence electrons. The van der Waals surface area contributed by atoms with Gasteiger partial charge in [0, 0.05) is 24.8 Å². The number of nitrogens with zero attached hydrogens (tertiary/aromatic N) is 2. The first kappa shape index (κ1) is 18.5. The van der Waals surface area contributed by atoms with E-state index in [0.29, 0.717) is 25.3 Å². The molecule has 1 amide bonds. The van der Waals surface area contributed by atoms with Gasteiger partial charge in [-0.15, -0.1) is 0 Å². The van der Waals surface area contributed by atoms with Crippen molar-refractivity contribution in [1.29, 1.82) is 0 Å². The molecule has 0 radical (unpaired) electrons. The standard InChI is InChI=1S/C18H21N3O4S/c1-14-13-21(9-10-25-14)26(23,24)17-7-4-5-15(11-17)18(22)20-12-16-6-2-3-8-19-16/h2-8,11,14H,9-10,12-13H2,1H3,(H,20,22). The molecular weight excluding hydrogens is 354 g/mol. The number of carbonyl (C=O) groups excluding carboxylic acids is 1. The number of pyridine rings is 1. The number of ether oxygens (including phenoxy) is 1. The minimum absolute atomic E-state index is 0.108. The molecule has 7 nitrogen and oxygen atoms in total. The molecule has 2 aromatic rings. The number of nitrogens with one attached hydrogen (secondary N) is 1. The van der Waals surface area contributed by atoms with E-state index >= 15 is 0 Å². The molecule has 0 spiro atoms. The highest BCUT2D eigenvalue weighted by Gasteiger charge is 2.29. The smallest absolute Gasteiger partial charge is 0.251 e. The van der Waals surface area contributed by atoms with Crippen LogP contribution in [0, 0.1) is 0 Å². The summed E-state index contributed by atoms with van der Waals surface area (Å²) in [5.74, 6) is -0.344. The van der Waals surface area contributed by atoms with Crippen LogP contribution < -0.4 is 5.32 Å². The molecule has 1 aromatic carbocycles. The molecule has 0 saturated carbocycles. The SMILES string of the molecule is CC1CN(S(=O)(=O)c2cccc(C(=O)NCc3ccccn3)c2)CCO1. The van der Waals surface area contributed by atoms with Crippen LogP contribution in [0.2, 0.25) is 0 Å². The van der Waals surface area contributed by atoms with Gasteiger partial charge in [0.25, 0.3) is 5.91 Å². The van der Waals surface area contributed by atoms with Crippen molar-refractivity contribution >= 4 is 15.9 Å². The summed E-state index contributed by atoms with van der Waals surface area (Å²) >= 11 is 0. The highest BCUT2D eigenvalue weighted by molar-refractivity contribution is 7.89. The molecular formula is C18H21N3O4S. The first-order valence-electron chi connectivity index (χ1n) is 8.37. The molecule has 1 atom stereocenters.